The van der Waals surface area contributed by atoms with E-state index in [1.165, 1.54) is 11.8 Å². The maximum Gasteiger partial charge on any atom is 0.340 e. The van der Waals surface area contributed by atoms with Gasteiger partial charge in [0.2, 0.25) is 5.28 Å². The van der Waals surface area contributed by atoms with E-state index in [0.717, 1.165) is 0 Å². The first-order chi connectivity index (χ1) is 7.74. The molecular formula is C9H7ClN4O2. The molecule has 0 fully saturated rings. The lowest BCUT2D eigenvalue weighted by molar-refractivity contribution is 0.0600. The minimum absolute atomic E-state index is 0.0800. The van der Waals surface area contributed by atoms with Crippen LogP contribution in [0.4, 0.5) is 0 Å². The van der Waals surface area contributed by atoms with Crippen molar-refractivity contribution in [2.45, 2.75) is 0 Å². The van der Waals surface area contributed by atoms with Gasteiger partial charge in [-0.2, -0.15) is 4.68 Å². The summed E-state index contributed by atoms with van der Waals surface area (Å²) in [5.41, 5.74) is 0.823. The summed E-state index contributed by atoms with van der Waals surface area (Å²) in [6.07, 6.45) is 0. The number of tetrazole rings is 1. The van der Waals surface area contributed by atoms with Gasteiger partial charge in [0.05, 0.1) is 18.4 Å². The number of benzene rings is 1. The number of hydrogen-bond acceptors (Lipinski definition) is 5. The highest BCUT2D eigenvalue weighted by atomic mass is 35.5. The van der Waals surface area contributed by atoms with Crippen molar-refractivity contribution in [1.29, 1.82) is 0 Å². The van der Waals surface area contributed by atoms with Crippen LogP contribution in [-0.4, -0.2) is 33.3 Å². The molecule has 0 amide bonds. The third-order valence-corrected chi connectivity index (χ3v) is 2.20. The molecule has 0 saturated heterocycles. The minimum atomic E-state index is -0.470. The fourth-order valence-electron chi connectivity index (χ4n) is 1.26. The number of ether oxygens (including phenoxy) is 1. The highest BCUT2D eigenvalue weighted by Gasteiger charge is 2.15. The zero-order chi connectivity index (χ0) is 11.5. The molecule has 0 aliphatic rings. The summed E-state index contributed by atoms with van der Waals surface area (Å²) in [4.78, 5) is 11.5. The van der Waals surface area contributed by atoms with Crippen molar-refractivity contribution in [3.8, 4) is 5.69 Å². The van der Waals surface area contributed by atoms with Gasteiger partial charge in [0, 0.05) is 0 Å². The Kier molecular flexibility index (Phi) is 2.82. The third-order valence-electron chi connectivity index (χ3n) is 1.97. The first kappa shape index (κ1) is 10.6. The first-order valence-electron chi connectivity index (χ1n) is 4.35. The number of carbonyl (C=O) groups excluding carboxylic acids is 1. The highest BCUT2D eigenvalue weighted by Crippen LogP contribution is 2.17. The van der Waals surface area contributed by atoms with E-state index >= 15 is 0 Å². The maximum absolute atomic E-state index is 11.5. The Bertz CT molecular complexity index is 526. The molecule has 6 nitrogen and oxygen atoms in total. The minimum Gasteiger partial charge on any atom is -0.465 e. The molecule has 82 valence electrons. The molecule has 0 atom stereocenters. The molecule has 1 aromatic heterocycles. The first-order valence-corrected chi connectivity index (χ1v) is 4.73. The molecule has 0 unspecified atom stereocenters. The fraction of sp³-hybridized carbons (Fsp3) is 0.111. The Morgan fingerprint density at radius 1 is 1.44 bits per heavy atom. The Morgan fingerprint density at radius 2 is 2.19 bits per heavy atom. The molecule has 2 rings (SSSR count). The van der Waals surface area contributed by atoms with Gasteiger partial charge in [-0.25, -0.2) is 4.79 Å². The molecule has 1 aromatic carbocycles. The van der Waals surface area contributed by atoms with Gasteiger partial charge in [0.25, 0.3) is 0 Å². The van der Waals surface area contributed by atoms with Crippen LogP contribution >= 0.6 is 11.6 Å². The van der Waals surface area contributed by atoms with Crippen LogP contribution in [0.1, 0.15) is 10.4 Å². The van der Waals surface area contributed by atoms with Gasteiger partial charge < -0.3 is 4.74 Å². The van der Waals surface area contributed by atoms with Gasteiger partial charge in [0.15, 0.2) is 0 Å². The van der Waals surface area contributed by atoms with Crippen LogP contribution in [0.15, 0.2) is 24.3 Å². The summed E-state index contributed by atoms with van der Waals surface area (Å²) in [6.45, 7) is 0. The van der Waals surface area contributed by atoms with Crippen LogP contribution in [0.25, 0.3) is 5.69 Å². The quantitative estimate of drug-likeness (QED) is 0.733. The lowest BCUT2D eigenvalue weighted by Crippen LogP contribution is -2.08. The van der Waals surface area contributed by atoms with E-state index in [-0.39, 0.29) is 5.28 Å². The molecule has 0 spiro atoms. The van der Waals surface area contributed by atoms with Crippen molar-refractivity contribution in [3.63, 3.8) is 0 Å². The molecule has 16 heavy (non-hydrogen) atoms. The van der Waals surface area contributed by atoms with Crippen LogP contribution in [0.3, 0.4) is 0 Å². The normalized spacial score (nSPS) is 10.1. The average molecular weight is 239 g/mol. The van der Waals surface area contributed by atoms with Gasteiger partial charge in [-0.05, 0) is 34.2 Å². The number of esters is 1. The number of carbonyl (C=O) groups is 1. The van der Waals surface area contributed by atoms with E-state index in [1.54, 1.807) is 24.3 Å². The van der Waals surface area contributed by atoms with E-state index < -0.39 is 5.97 Å². The monoisotopic (exact) mass is 238 g/mol. The molecule has 0 N–H and O–H groups in total. The van der Waals surface area contributed by atoms with Crippen LogP contribution in [0, 0.1) is 0 Å². The van der Waals surface area contributed by atoms with Gasteiger partial charge in [-0.1, -0.05) is 17.2 Å². The summed E-state index contributed by atoms with van der Waals surface area (Å²) < 4.78 is 5.91. The Balaban J connectivity index is 2.57. The third kappa shape index (κ3) is 1.74. The topological polar surface area (TPSA) is 69.9 Å². The van der Waals surface area contributed by atoms with Gasteiger partial charge in [-0.15, -0.1) is 0 Å². The molecule has 0 aliphatic heterocycles. The van der Waals surface area contributed by atoms with Crippen molar-refractivity contribution < 1.29 is 9.53 Å². The Morgan fingerprint density at radius 3 is 2.81 bits per heavy atom. The molecule has 0 saturated carbocycles. The molecule has 0 bridgehead atoms. The van der Waals surface area contributed by atoms with Crippen LogP contribution in [-0.2, 0) is 4.74 Å². The van der Waals surface area contributed by atoms with Crippen molar-refractivity contribution in [2.75, 3.05) is 7.11 Å². The number of methoxy groups -OCH3 is 1. The molecule has 7 heteroatoms. The summed E-state index contributed by atoms with van der Waals surface area (Å²) in [5, 5.41) is 10.7. The largest absolute Gasteiger partial charge is 0.465 e. The predicted molar refractivity (Wildman–Crippen MR) is 55.5 cm³/mol. The van der Waals surface area contributed by atoms with E-state index in [9.17, 15) is 4.79 Å². The van der Waals surface area contributed by atoms with Crippen LogP contribution < -0.4 is 0 Å². The van der Waals surface area contributed by atoms with Crippen molar-refractivity contribution in [2.24, 2.45) is 0 Å². The smallest absolute Gasteiger partial charge is 0.340 e. The SMILES string of the molecule is COC(=O)c1ccccc1-n1nnnc1Cl. The van der Waals surface area contributed by atoms with Gasteiger partial charge >= 0.3 is 5.97 Å². The van der Waals surface area contributed by atoms with E-state index in [4.69, 9.17) is 11.6 Å². The van der Waals surface area contributed by atoms with Crippen molar-refractivity contribution >= 4 is 17.6 Å². The highest BCUT2D eigenvalue weighted by molar-refractivity contribution is 6.28. The zero-order valence-corrected chi connectivity index (χ0v) is 9.05. The second-order valence-corrected chi connectivity index (χ2v) is 3.21. The summed E-state index contributed by atoms with van der Waals surface area (Å²) in [7, 11) is 1.31. The fourth-order valence-corrected chi connectivity index (χ4v) is 1.42. The zero-order valence-electron chi connectivity index (χ0n) is 8.29. The maximum atomic E-state index is 11.5. The Labute approximate surface area is 95.8 Å². The van der Waals surface area contributed by atoms with E-state index in [1.807, 2.05) is 0 Å². The summed E-state index contributed by atoms with van der Waals surface area (Å²) >= 11 is 5.77. The molecule has 0 radical (unpaired) electrons. The summed E-state index contributed by atoms with van der Waals surface area (Å²) in [6, 6.07) is 6.75. The average Bonchev–Trinajstić information content (AvgIpc) is 2.74. The Hall–Kier alpha value is -1.95. The lowest BCUT2D eigenvalue weighted by Gasteiger charge is -2.06. The van der Waals surface area contributed by atoms with Crippen molar-refractivity contribution in [1.82, 2.24) is 20.2 Å². The second-order valence-electron chi connectivity index (χ2n) is 2.87. The number of rotatable bonds is 2. The number of halogens is 1. The van der Waals surface area contributed by atoms with Crippen molar-refractivity contribution in [3.05, 3.63) is 35.1 Å². The van der Waals surface area contributed by atoms with Crippen LogP contribution in [0.2, 0.25) is 5.28 Å². The second kappa shape index (κ2) is 4.28. The predicted octanol–water partition coefficient (Wildman–Crippen LogP) is 1.10. The number of aromatic nitrogens is 4. The van der Waals surface area contributed by atoms with E-state index in [0.29, 0.717) is 11.3 Å². The van der Waals surface area contributed by atoms with Gasteiger partial charge in [-0.3, -0.25) is 0 Å². The molecule has 0 aliphatic carbocycles. The molecule has 2 aromatic rings. The van der Waals surface area contributed by atoms with Crippen LogP contribution in [0.5, 0.6) is 0 Å². The lowest BCUT2D eigenvalue weighted by atomic mass is 10.2. The number of nitrogens with zero attached hydrogens (tertiary/aromatic N) is 4. The molecule has 1 heterocycles. The number of para-hydroxylation sites is 1. The summed E-state index contributed by atoms with van der Waals surface area (Å²) in [5.74, 6) is -0.470. The van der Waals surface area contributed by atoms with E-state index in [2.05, 4.69) is 20.3 Å². The molecular weight excluding hydrogens is 232 g/mol. The number of hydrogen-bond donors (Lipinski definition) is 0. The van der Waals surface area contributed by atoms with Gasteiger partial charge in [0.1, 0.15) is 0 Å². The standard InChI is InChI=1S/C9H7ClN4O2/c1-16-8(15)6-4-2-3-5-7(6)14-9(10)11-12-13-14/h2-5H,1H3.